The molecule has 0 amide bonds. The lowest BCUT2D eigenvalue weighted by molar-refractivity contribution is 0.0115. The summed E-state index contributed by atoms with van der Waals surface area (Å²) in [7, 11) is 0. The van der Waals surface area contributed by atoms with E-state index in [9.17, 15) is 13.2 Å². The van der Waals surface area contributed by atoms with Crippen molar-refractivity contribution < 1.29 is 13.2 Å². The number of pyridine rings is 2. The van der Waals surface area contributed by atoms with Gasteiger partial charge in [-0.15, -0.1) is 0 Å². The van der Waals surface area contributed by atoms with Crippen LogP contribution >= 0.6 is 0 Å². The molecule has 1 aliphatic rings. The summed E-state index contributed by atoms with van der Waals surface area (Å²) >= 11 is 0. The van der Waals surface area contributed by atoms with Crippen LogP contribution in [0.1, 0.15) is 12.0 Å². The molecule has 2 aromatic carbocycles. The van der Waals surface area contributed by atoms with E-state index in [0.29, 0.717) is 30.0 Å². The number of nitrogens with zero attached hydrogens (tertiary/aromatic N) is 4. The highest BCUT2D eigenvalue weighted by atomic mass is 19.3. The minimum Gasteiger partial charge on any atom is -0.353 e. The second kappa shape index (κ2) is 9.06. The first-order chi connectivity index (χ1) is 18.9. The van der Waals surface area contributed by atoms with Gasteiger partial charge in [0.25, 0.3) is 5.92 Å². The molecule has 0 atom stereocenters. The number of benzene rings is 2. The highest BCUT2D eigenvalue weighted by molar-refractivity contribution is 6.01. The number of H-pyrrole nitrogens is 2. The number of hydrogen-bond donors (Lipinski definition) is 2. The van der Waals surface area contributed by atoms with E-state index >= 15 is 0 Å². The number of hydrogen-bond acceptors (Lipinski definition) is 4. The highest BCUT2D eigenvalue weighted by Gasteiger charge is 2.37. The van der Waals surface area contributed by atoms with Crippen molar-refractivity contribution in [3.8, 4) is 33.8 Å². The summed E-state index contributed by atoms with van der Waals surface area (Å²) in [6.07, 6.45) is 5.04. The first-order valence-corrected chi connectivity index (χ1v) is 12.7. The lowest BCUT2D eigenvalue weighted by atomic mass is 10.0. The Kier molecular flexibility index (Phi) is 5.48. The standard InChI is InChI=1S/C30H23F3N6/c31-24-6-2-1-4-21(24)20-5-3-7-25-22(20)11-27(36-25)29-23-12-26(35-15-28(23)37-38-29)19-10-18(13-34-14-19)16-39-9-8-30(32,33)17-39/h1-7,10-15,36H,8-9,16-17H2,(H,37,38). The third-order valence-electron chi connectivity index (χ3n) is 7.28. The molecule has 6 aromatic rings. The molecule has 0 bridgehead atoms. The summed E-state index contributed by atoms with van der Waals surface area (Å²) < 4.78 is 41.9. The Morgan fingerprint density at radius 2 is 1.77 bits per heavy atom. The number of alkyl halides is 2. The van der Waals surface area contributed by atoms with Crippen molar-refractivity contribution in [1.29, 1.82) is 0 Å². The second-order valence-corrected chi connectivity index (χ2v) is 10.0. The van der Waals surface area contributed by atoms with Crippen LogP contribution in [0.4, 0.5) is 13.2 Å². The lowest BCUT2D eigenvalue weighted by Crippen LogP contribution is -2.24. The van der Waals surface area contributed by atoms with E-state index in [1.54, 1.807) is 35.6 Å². The maximum absolute atomic E-state index is 14.6. The first-order valence-electron chi connectivity index (χ1n) is 12.7. The van der Waals surface area contributed by atoms with Gasteiger partial charge in [0.1, 0.15) is 11.5 Å². The van der Waals surface area contributed by atoms with Crippen LogP contribution in [-0.4, -0.2) is 49.1 Å². The number of rotatable bonds is 5. The molecule has 39 heavy (non-hydrogen) atoms. The van der Waals surface area contributed by atoms with Crippen molar-refractivity contribution in [1.82, 2.24) is 30.0 Å². The molecule has 0 spiro atoms. The van der Waals surface area contributed by atoms with Crippen LogP contribution in [0.15, 0.2) is 79.3 Å². The van der Waals surface area contributed by atoms with Crippen molar-refractivity contribution in [3.63, 3.8) is 0 Å². The Balaban J connectivity index is 1.25. The van der Waals surface area contributed by atoms with E-state index in [2.05, 4.69) is 25.1 Å². The predicted molar refractivity (Wildman–Crippen MR) is 145 cm³/mol. The summed E-state index contributed by atoms with van der Waals surface area (Å²) in [5, 5.41) is 9.36. The molecule has 2 N–H and O–H groups in total. The third-order valence-corrected chi connectivity index (χ3v) is 7.28. The normalized spacial score (nSPS) is 15.5. The van der Waals surface area contributed by atoms with Gasteiger partial charge < -0.3 is 4.98 Å². The number of nitrogens with one attached hydrogen (secondary N) is 2. The van der Waals surface area contributed by atoms with E-state index in [-0.39, 0.29) is 18.8 Å². The van der Waals surface area contributed by atoms with Crippen molar-refractivity contribution >= 4 is 21.8 Å². The molecule has 9 heteroatoms. The fraction of sp³-hybridized carbons (Fsp3) is 0.167. The van der Waals surface area contributed by atoms with Crippen molar-refractivity contribution in [2.24, 2.45) is 0 Å². The van der Waals surface area contributed by atoms with Gasteiger partial charge in [0.05, 0.1) is 29.6 Å². The average Bonchev–Trinajstić information content (AvgIpc) is 3.64. The Morgan fingerprint density at radius 1 is 0.897 bits per heavy atom. The van der Waals surface area contributed by atoms with E-state index in [0.717, 1.165) is 44.2 Å². The quantitative estimate of drug-likeness (QED) is 0.260. The molecule has 194 valence electrons. The molecule has 6 nitrogen and oxygen atoms in total. The Hall–Kier alpha value is -4.50. The Labute approximate surface area is 221 Å². The zero-order valence-corrected chi connectivity index (χ0v) is 20.8. The zero-order valence-electron chi connectivity index (χ0n) is 20.8. The third kappa shape index (κ3) is 4.34. The topological polar surface area (TPSA) is 73.5 Å². The van der Waals surface area contributed by atoms with Crippen LogP contribution in [0.3, 0.4) is 0 Å². The zero-order chi connectivity index (χ0) is 26.6. The number of likely N-dealkylation sites (tertiary alicyclic amines) is 1. The van der Waals surface area contributed by atoms with Crippen LogP contribution < -0.4 is 0 Å². The van der Waals surface area contributed by atoms with Gasteiger partial charge in [-0.25, -0.2) is 13.2 Å². The van der Waals surface area contributed by atoms with E-state index in [1.807, 2.05) is 42.5 Å². The van der Waals surface area contributed by atoms with Crippen LogP contribution in [0.25, 0.3) is 55.6 Å². The van der Waals surface area contributed by atoms with Gasteiger partial charge in [0, 0.05) is 59.3 Å². The van der Waals surface area contributed by atoms with Crippen molar-refractivity contribution in [2.75, 3.05) is 13.1 Å². The monoisotopic (exact) mass is 524 g/mol. The molecule has 0 unspecified atom stereocenters. The summed E-state index contributed by atoms with van der Waals surface area (Å²) in [4.78, 5) is 14.1. The average molecular weight is 525 g/mol. The van der Waals surface area contributed by atoms with Gasteiger partial charge in [0.2, 0.25) is 0 Å². The van der Waals surface area contributed by atoms with Crippen molar-refractivity contribution in [2.45, 2.75) is 18.9 Å². The number of aromatic nitrogens is 5. The van der Waals surface area contributed by atoms with Crippen LogP contribution in [-0.2, 0) is 6.54 Å². The molecule has 1 fully saturated rings. The molecule has 7 rings (SSSR count). The Bertz CT molecular complexity index is 1840. The van der Waals surface area contributed by atoms with Gasteiger partial charge in [-0.3, -0.25) is 20.0 Å². The minimum atomic E-state index is -2.63. The highest BCUT2D eigenvalue weighted by Crippen LogP contribution is 2.36. The molecular weight excluding hydrogens is 501 g/mol. The van der Waals surface area contributed by atoms with Gasteiger partial charge in [-0.2, -0.15) is 5.10 Å². The van der Waals surface area contributed by atoms with Crippen LogP contribution in [0.5, 0.6) is 0 Å². The van der Waals surface area contributed by atoms with E-state index in [4.69, 9.17) is 0 Å². The Morgan fingerprint density at radius 3 is 2.62 bits per heavy atom. The molecule has 0 saturated carbocycles. The molecular formula is C30H23F3N6. The largest absolute Gasteiger partial charge is 0.353 e. The summed E-state index contributed by atoms with van der Waals surface area (Å²) in [6, 6.07) is 18.4. The maximum atomic E-state index is 14.6. The number of aromatic amines is 2. The van der Waals surface area contributed by atoms with E-state index < -0.39 is 5.92 Å². The summed E-state index contributed by atoms with van der Waals surface area (Å²) in [5.41, 5.74) is 6.85. The number of fused-ring (bicyclic) bond motifs is 2. The lowest BCUT2D eigenvalue weighted by Gasteiger charge is -2.15. The van der Waals surface area contributed by atoms with Crippen LogP contribution in [0.2, 0.25) is 0 Å². The van der Waals surface area contributed by atoms with Gasteiger partial charge in [0.15, 0.2) is 0 Å². The summed E-state index contributed by atoms with van der Waals surface area (Å²) in [6.45, 7) is 0.543. The predicted octanol–water partition coefficient (Wildman–Crippen LogP) is 6.82. The van der Waals surface area contributed by atoms with E-state index in [1.165, 1.54) is 6.07 Å². The number of halogens is 3. The molecule has 0 aliphatic carbocycles. The second-order valence-electron chi connectivity index (χ2n) is 10.0. The van der Waals surface area contributed by atoms with Crippen LogP contribution in [0, 0.1) is 5.82 Å². The SMILES string of the molecule is Fc1ccccc1-c1cccc2[nH]c(-c3n[nH]c4cnc(-c5cncc(CN6CCC(F)(F)C6)c5)cc34)cc12. The summed E-state index contributed by atoms with van der Waals surface area (Å²) in [5.74, 6) is -2.91. The fourth-order valence-electron chi connectivity index (χ4n) is 5.39. The van der Waals surface area contributed by atoms with Gasteiger partial charge >= 0.3 is 0 Å². The van der Waals surface area contributed by atoms with Crippen molar-refractivity contribution in [3.05, 3.63) is 90.6 Å². The minimum absolute atomic E-state index is 0.114. The maximum Gasteiger partial charge on any atom is 0.261 e. The fourth-order valence-corrected chi connectivity index (χ4v) is 5.39. The smallest absolute Gasteiger partial charge is 0.261 e. The molecule has 1 saturated heterocycles. The molecule has 5 heterocycles. The molecule has 0 radical (unpaired) electrons. The molecule has 1 aliphatic heterocycles. The van der Waals surface area contributed by atoms with Gasteiger partial charge in [-0.1, -0.05) is 30.3 Å². The van der Waals surface area contributed by atoms with Gasteiger partial charge in [-0.05, 0) is 41.5 Å². The first kappa shape index (κ1) is 23.6. The molecule has 4 aromatic heterocycles.